The van der Waals surface area contributed by atoms with Crippen molar-refractivity contribution < 1.29 is 13.6 Å². The zero-order chi connectivity index (χ0) is 10.8. The van der Waals surface area contributed by atoms with Crippen LogP contribution in [0.25, 0.3) is 0 Å². The summed E-state index contributed by atoms with van der Waals surface area (Å²) in [6, 6.07) is 4.42. The minimum absolute atomic E-state index is 0.148. The molecule has 0 amide bonds. The summed E-state index contributed by atoms with van der Waals surface area (Å²) in [5.41, 5.74) is 2.55. The molecule has 0 saturated carbocycles. The molecular formula is C8H10ClNO3S. The van der Waals surface area contributed by atoms with Crippen LogP contribution in [0, 0.1) is 0 Å². The second kappa shape index (κ2) is 4.27. The van der Waals surface area contributed by atoms with Crippen molar-refractivity contribution >= 4 is 21.4 Å². The van der Waals surface area contributed by atoms with Crippen molar-refractivity contribution in [2.75, 3.05) is 6.26 Å². The van der Waals surface area contributed by atoms with E-state index >= 15 is 0 Å². The number of hydrogen-bond donors (Lipinski definition) is 2. The molecule has 0 radical (unpaired) electrons. The largest absolute Gasteiger partial charge is 0.316 e. The molecular weight excluding hydrogens is 226 g/mol. The van der Waals surface area contributed by atoms with E-state index in [4.69, 9.17) is 16.8 Å². The van der Waals surface area contributed by atoms with Crippen molar-refractivity contribution in [3.05, 3.63) is 28.8 Å². The maximum Gasteiger partial charge on any atom is 0.175 e. The van der Waals surface area contributed by atoms with Crippen molar-refractivity contribution in [3.63, 3.8) is 0 Å². The molecule has 0 bridgehead atoms. The summed E-state index contributed by atoms with van der Waals surface area (Å²) in [6.45, 7) is 0.156. The van der Waals surface area contributed by atoms with Crippen LogP contribution in [0.15, 0.2) is 23.1 Å². The summed E-state index contributed by atoms with van der Waals surface area (Å²) in [5, 5.41) is 8.79. The molecule has 0 aliphatic heterocycles. The fraction of sp³-hybridized carbons (Fsp3) is 0.250. The average Bonchev–Trinajstić information content (AvgIpc) is 2.02. The first-order valence-corrected chi connectivity index (χ1v) is 6.07. The fourth-order valence-electron chi connectivity index (χ4n) is 1.03. The van der Waals surface area contributed by atoms with Crippen LogP contribution in [0.2, 0.25) is 5.02 Å². The Balaban J connectivity index is 3.21. The quantitative estimate of drug-likeness (QED) is 0.774. The molecule has 78 valence electrons. The Bertz CT molecular complexity index is 430. The van der Waals surface area contributed by atoms with E-state index in [1.165, 1.54) is 12.1 Å². The Hall–Kier alpha value is -0.620. The lowest BCUT2D eigenvalue weighted by atomic mass is 10.2. The second-order valence-electron chi connectivity index (χ2n) is 2.90. The lowest BCUT2D eigenvalue weighted by Crippen LogP contribution is -2.07. The van der Waals surface area contributed by atoms with Crippen molar-refractivity contribution in [3.8, 4) is 0 Å². The third-order valence-electron chi connectivity index (χ3n) is 1.64. The van der Waals surface area contributed by atoms with E-state index in [-0.39, 0.29) is 11.4 Å². The van der Waals surface area contributed by atoms with E-state index in [2.05, 4.69) is 0 Å². The summed E-state index contributed by atoms with van der Waals surface area (Å²) in [4.78, 5) is 0.148. The molecule has 1 rings (SSSR count). The van der Waals surface area contributed by atoms with Gasteiger partial charge in [-0.1, -0.05) is 11.6 Å². The highest BCUT2D eigenvalue weighted by Crippen LogP contribution is 2.18. The van der Waals surface area contributed by atoms with Gasteiger partial charge in [0.15, 0.2) is 9.84 Å². The molecule has 0 atom stereocenters. The first kappa shape index (κ1) is 11.5. The van der Waals surface area contributed by atoms with Crippen LogP contribution < -0.4 is 5.48 Å². The maximum absolute atomic E-state index is 11.2. The van der Waals surface area contributed by atoms with Gasteiger partial charge in [0.2, 0.25) is 0 Å². The smallest absolute Gasteiger partial charge is 0.175 e. The lowest BCUT2D eigenvalue weighted by Gasteiger charge is -2.04. The number of rotatable bonds is 3. The highest BCUT2D eigenvalue weighted by Gasteiger charge is 2.09. The summed E-state index contributed by atoms with van der Waals surface area (Å²) >= 11 is 5.72. The van der Waals surface area contributed by atoms with Gasteiger partial charge < -0.3 is 5.21 Å². The lowest BCUT2D eigenvalue weighted by molar-refractivity contribution is 0.161. The average molecular weight is 236 g/mol. The Labute approximate surface area is 87.4 Å². The number of hydroxylamine groups is 1. The third-order valence-corrected chi connectivity index (χ3v) is 2.95. The Kier molecular flexibility index (Phi) is 3.49. The fourth-order valence-corrected chi connectivity index (χ4v) is 2.06. The van der Waals surface area contributed by atoms with Gasteiger partial charge in [0.05, 0.1) is 4.90 Å². The van der Waals surface area contributed by atoms with Crippen molar-refractivity contribution in [1.82, 2.24) is 5.48 Å². The zero-order valence-electron chi connectivity index (χ0n) is 7.49. The van der Waals surface area contributed by atoms with Gasteiger partial charge in [0.1, 0.15) is 0 Å². The summed E-state index contributed by atoms with van der Waals surface area (Å²) in [5.74, 6) is 0. The van der Waals surface area contributed by atoms with Gasteiger partial charge >= 0.3 is 0 Å². The topological polar surface area (TPSA) is 66.4 Å². The first-order chi connectivity index (χ1) is 6.43. The van der Waals surface area contributed by atoms with Crippen molar-refractivity contribution in [2.45, 2.75) is 11.4 Å². The minimum Gasteiger partial charge on any atom is -0.316 e. The van der Waals surface area contributed by atoms with Gasteiger partial charge in [0.25, 0.3) is 0 Å². The molecule has 0 spiro atoms. The molecule has 0 fully saturated rings. The van der Waals surface area contributed by atoms with Gasteiger partial charge in [-0.25, -0.2) is 13.9 Å². The molecule has 6 heteroatoms. The predicted molar refractivity (Wildman–Crippen MR) is 53.2 cm³/mol. The number of nitrogens with one attached hydrogen (secondary N) is 1. The van der Waals surface area contributed by atoms with Gasteiger partial charge in [-0.3, -0.25) is 0 Å². The minimum atomic E-state index is -3.26. The summed E-state index contributed by atoms with van der Waals surface area (Å²) in [7, 11) is -3.26. The van der Waals surface area contributed by atoms with E-state index < -0.39 is 9.84 Å². The highest BCUT2D eigenvalue weighted by atomic mass is 35.5. The molecule has 0 aliphatic rings. The van der Waals surface area contributed by atoms with E-state index in [9.17, 15) is 8.42 Å². The molecule has 0 saturated heterocycles. The predicted octanol–water partition coefficient (Wildman–Crippen LogP) is 1.22. The molecule has 14 heavy (non-hydrogen) atoms. The van der Waals surface area contributed by atoms with Gasteiger partial charge in [0, 0.05) is 17.8 Å². The Morgan fingerprint density at radius 2 is 2.07 bits per heavy atom. The van der Waals surface area contributed by atoms with Crippen molar-refractivity contribution in [1.29, 1.82) is 0 Å². The summed E-state index contributed by atoms with van der Waals surface area (Å²) in [6.07, 6.45) is 1.11. The van der Waals surface area contributed by atoms with E-state index in [0.717, 1.165) is 6.26 Å². The molecule has 1 aromatic carbocycles. The van der Waals surface area contributed by atoms with Crippen LogP contribution in [-0.2, 0) is 16.4 Å². The number of benzene rings is 1. The number of hydrogen-bond acceptors (Lipinski definition) is 4. The standard InChI is InChI=1S/C8H10ClNO3S/c1-14(12,13)8-3-6(5-10-11)2-7(9)4-8/h2-4,10-11H,5H2,1H3. The molecule has 0 unspecified atom stereocenters. The molecule has 0 heterocycles. The normalized spacial score (nSPS) is 11.6. The number of sulfone groups is 1. The van der Waals surface area contributed by atoms with Gasteiger partial charge in [-0.05, 0) is 23.8 Å². The van der Waals surface area contributed by atoms with Crippen LogP contribution in [-0.4, -0.2) is 19.9 Å². The van der Waals surface area contributed by atoms with Crippen LogP contribution in [0.5, 0.6) is 0 Å². The highest BCUT2D eigenvalue weighted by molar-refractivity contribution is 7.90. The molecule has 2 N–H and O–H groups in total. The third kappa shape index (κ3) is 2.95. The molecule has 4 nitrogen and oxygen atoms in total. The van der Waals surface area contributed by atoms with E-state index in [1.807, 2.05) is 5.48 Å². The second-order valence-corrected chi connectivity index (χ2v) is 5.35. The Morgan fingerprint density at radius 1 is 1.43 bits per heavy atom. The van der Waals surface area contributed by atoms with Crippen LogP contribution in [0.4, 0.5) is 0 Å². The molecule has 0 aromatic heterocycles. The van der Waals surface area contributed by atoms with Gasteiger partial charge in [-0.15, -0.1) is 0 Å². The van der Waals surface area contributed by atoms with Crippen LogP contribution >= 0.6 is 11.6 Å². The van der Waals surface area contributed by atoms with Crippen LogP contribution in [0.1, 0.15) is 5.56 Å². The van der Waals surface area contributed by atoms with Gasteiger partial charge in [-0.2, -0.15) is 0 Å². The van der Waals surface area contributed by atoms with Crippen LogP contribution in [0.3, 0.4) is 0 Å². The maximum atomic E-state index is 11.2. The van der Waals surface area contributed by atoms with E-state index in [0.29, 0.717) is 10.6 Å². The zero-order valence-corrected chi connectivity index (χ0v) is 9.06. The SMILES string of the molecule is CS(=O)(=O)c1cc(Cl)cc(CNO)c1. The molecule has 1 aromatic rings. The summed E-state index contributed by atoms with van der Waals surface area (Å²) < 4.78 is 22.4. The monoisotopic (exact) mass is 235 g/mol. The van der Waals surface area contributed by atoms with Crippen molar-refractivity contribution in [2.24, 2.45) is 0 Å². The Morgan fingerprint density at radius 3 is 2.57 bits per heavy atom. The first-order valence-electron chi connectivity index (χ1n) is 3.80. The van der Waals surface area contributed by atoms with E-state index in [1.54, 1.807) is 6.07 Å². The number of halogens is 1. The molecule has 0 aliphatic carbocycles.